The van der Waals surface area contributed by atoms with E-state index in [9.17, 15) is 4.79 Å². The van der Waals surface area contributed by atoms with E-state index in [2.05, 4.69) is 24.8 Å². The molecule has 2 nitrogen and oxygen atoms in total. The van der Waals surface area contributed by atoms with Gasteiger partial charge in [-0.1, -0.05) is 13.8 Å². The summed E-state index contributed by atoms with van der Waals surface area (Å²) in [7, 11) is 0. The van der Waals surface area contributed by atoms with E-state index in [0.717, 1.165) is 30.3 Å². The standard InChI is InChI=1S/C14H21NOS/c1-3-12-6-7-14(17-12)13(16)10-15-8-4-5-11(2)9-15/h6-7,11H,3-5,8-10H2,1-2H3. The van der Waals surface area contributed by atoms with Crippen LogP contribution in [0.3, 0.4) is 0 Å². The molecular weight excluding hydrogens is 230 g/mol. The summed E-state index contributed by atoms with van der Waals surface area (Å²) in [6.45, 7) is 7.18. The molecule has 0 saturated carbocycles. The fourth-order valence-electron chi connectivity index (χ4n) is 2.43. The number of ketones is 1. The number of Topliss-reactive ketones (excluding diaryl/α,β-unsaturated/α-hetero) is 1. The first-order valence-electron chi connectivity index (χ1n) is 6.53. The van der Waals surface area contributed by atoms with Crippen LogP contribution in [0.2, 0.25) is 0 Å². The maximum atomic E-state index is 12.1. The van der Waals surface area contributed by atoms with Crippen molar-refractivity contribution in [2.75, 3.05) is 19.6 Å². The zero-order valence-corrected chi connectivity index (χ0v) is 11.6. The lowest BCUT2D eigenvalue weighted by Crippen LogP contribution is -2.37. The molecule has 1 saturated heterocycles. The molecule has 0 spiro atoms. The van der Waals surface area contributed by atoms with E-state index < -0.39 is 0 Å². The molecular formula is C14H21NOS. The summed E-state index contributed by atoms with van der Waals surface area (Å²) in [5.74, 6) is 1.04. The zero-order valence-electron chi connectivity index (χ0n) is 10.7. The van der Waals surface area contributed by atoms with E-state index in [4.69, 9.17) is 0 Å². The molecule has 3 heteroatoms. The van der Waals surface area contributed by atoms with Crippen molar-refractivity contribution in [3.8, 4) is 0 Å². The maximum Gasteiger partial charge on any atom is 0.186 e. The van der Waals surface area contributed by atoms with Crippen LogP contribution in [0.1, 0.15) is 41.2 Å². The largest absolute Gasteiger partial charge is 0.296 e. The van der Waals surface area contributed by atoms with Crippen molar-refractivity contribution in [3.05, 3.63) is 21.9 Å². The van der Waals surface area contributed by atoms with Gasteiger partial charge in [0.15, 0.2) is 5.78 Å². The second-order valence-electron chi connectivity index (χ2n) is 5.03. The van der Waals surface area contributed by atoms with E-state index in [1.54, 1.807) is 11.3 Å². The number of hydrogen-bond acceptors (Lipinski definition) is 3. The van der Waals surface area contributed by atoms with Gasteiger partial charge in [0.2, 0.25) is 0 Å². The van der Waals surface area contributed by atoms with Crippen LogP contribution < -0.4 is 0 Å². The van der Waals surface area contributed by atoms with Crippen LogP contribution in [0.25, 0.3) is 0 Å². The average molecular weight is 251 g/mol. The van der Waals surface area contributed by atoms with Gasteiger partial charge < -0.3 is 0 Å². The van der Waals surface area contributed by atoms with Crippen molar-refractivity contribution in [1.82, 2.24) is 4.90 Å². The van der Waals surface area contributed by atoms with Gasteiger partial charge in [0.25, 0.3) is 0 Å². The second kappa shape index (κ2) is 5.78. The third kappa shape index (κ3) is 3.39. The van der Waals surface area contributed by atoms with Gasteiger partial charge in [-0.3, -0.25) is 9.69 Å². The minimum Gasteiger partial charge on any atom is -0.296 e. The van der Waals surface area contributed by atoms with Crippen LogP contribution in [0.15, 0.2) is 12.1 Å². The molecule has 0 aliphatic carbocycles. The average Bonchev–Trinajstić information content (AvgIpc) is 2.77. The van der Waals surface area contributed by atoms with Crippen molar-refractivity contribution in [3.63, 3.8) is 0 Å². The van der Waals surface area contributed by atoms with E-state index in [1.165, 1.54) is 17.7 Å². The Morgan fingerprint density at radius 3 is 3.00 bits per heavy atom. The van der Waals surface area contributed by atoms with Crippen LogP contribution in [-0.4, -0.2) is 30.3 Å². The summed E-state index contributed by atoms with van der Waals surface area (Å²) in [6.07, 6.45) is 3.57. The van der Waals surface area contributed by atoms with Crippen molar-refractivity contribution in [1.29, 1.82) is 0 Å². The topological polar surface area (TPSA) is 20.3 Å². The van der Waals surface area contributed by atoms with Crippen LogP contribution in [-0.2, 0) is 6.42 Å². The monoisotopic (exact) mass is 251 g/mol. The Kier molecular flexibility index (Phi) is 4.35. The highest BCUT2D eigenvalue weighted by Crippen LogP contribution is 2.20. The van der Waals surface area contributed by atoms with E-state index in [0.29, 0.717) is 12.3 Å². The molecule has 1 aromatic rings. The zero-order chi connectivity index (χ0) is 12.3. The van der Waals surface area contributed by atoms with Gasteiger partial charge in [0, 0.05) is 11.4 Å². The molecule has 1 aliphatic rings. The highest BCUT2D eigenvalue weighted by atomic mass is 32.1. The fourth-order valence-corrected chi connectivity index (χ4v) is 3.31. The van der Waals surface area contributed by atoms with Crippen LogP contribution in [0.4, 0.5) is 0 Å². The summed E-state index contributed by atoms with van der Waals surface area (Å²) in [6, 6.07) is 4.07. The van der Waals surface area contributed by atoms with E-state index in [-0.39, 0.29) is 0 Å². The summed E-state index contributed by atoms with van der Waals surface area (Å²) >= 11 is 1.65. The number of rotatable bonds is 4. The van der Waals surface area contributed by atoms with Crippen LogP contribution in [0, 0.1) is 5.92 Å². The predicted molar refractivity (Wildman–Crippen MR) is 72.9 cm³/mol. The van der Waals surface area contributed by atoms with Gasteiger partial charge in [-0.05, 0) is 43.9 Å². The Labute approximate surface area is 108 Å². The summed E-state index contributed by atoms with van der Waals surface area (Å²) in [5, 5.41) is 0. The van der Waals surface area contributed by atoms with Gasteiger partial charge in [-0.15, -0.1) is 11.3 Å². The molecule has 1 aromatic heterocycles. The van der Waals surface area contributed by atoms with Gasteiger partial charge >= 0.3 is 0 Å². The first-order chi connectivity index (χ1) is 8.19. The minimum absolute atomic E-state index is 0.295. The molecule has 0 aromatic carbocycles. The summed E-state index contributed by atoms with van der Waals surface area (Å²) in [4.78, 5) is 16.7. The molecule has 1 fully saturated rings. The number of aryl methyl sites for hydroxylation is 1. The van der Waals surface area contributed by atoms with Crippen LogP contribution in [0.5, 0.6) is 0 Å². The Bertz CT molecular complexity index is 385. The Balaban J connectivity index is 1.92. The molecule has 0 N–H and O–H groups in total. The van der Waals surface area contributed by atoms with Gasteiger partial charge in [-0.25, -0.2) is 0 Å². The van der Waals surface area contributed by atoms with Gasteiger partial charge in [-0.2, -0.15) is 0 Å². The lowest BCUT2D eigenvalue weighted by molar-refractivity contribution is 0.0897. The first-order valence-corrected chi connectivity index (χ1v) is 7.35. The smallest absolute Gasteiger partial charge is 0.186 e. The predicted octanol–water partition coefficient (Wildman–Crippen LogP) is 3.23. The number of piperidine rings is 1. The summed E-state index contributed by atoms with van der Waals surface area (Å²) < 4.78 is 0. The SMILES string of the molecule is CCc1ccc(C(=O)CN2CCCC(C)C2)s1. The molecule has 0 radical (unpaired) electrons. The second-order valence-corrected chi connectivity index (χ2v) is 6.19. The molecule has 1 aliphatic heterocycles. The van der Waals surface area contributed by atoms with E-state index >= 15 is 0 Å². The maximum absolute atomic E-state index is 12.1. The molecule has 94 valence electrons. The number of nitrogens with zero attached hydrogens (tertiary/aromatic N) is 1. The first kappa shape index (κ1) is 12.8. The molecule has 0 bridgehead atoms. The number of thiophene rings is 1. The number of carbonyl (C=O) groups is 1. The van der Waals surface area contributed by atoms with Crippen molar-refractivity contribution in [2.45, 2.75) is 33.1 Å². The molecule has 2 rings (SSSR count). The quantitative estimate of drug-likeness (QED) is 0.766. The van der Waals surface area contributed by atoms with Gasteiger partial charge in [0.05, 0.1) is 11.4 Å². The molecule has 2 heterocycles. The normalized spacial score (nSPS) is 21.6. The van der Waals surface area contributed by atoms with E-state index in [1.807, 2.05) is 6.07 Å². The number of hydrogen-bond donors (Lipinski definition) is 0. The van der Waals surface area contributed by atoms with Crippen molar-refractivity contribution >= 4 is 17.1 Å². The van der Waals surface area contributed by atoms with Crippen molar-refractivity contribution < 1.29 is 4.79 Å². The Hall–Kier alpha value is -0.670. The number of likely N-dealkylation sites (tertiary alicyclic amines) is 1. The molecule has 17 heavy (non-hydrogen) atoms. The van der Waals surface area contributed by atoms with Gasteiger partial charge in [0.1, 0.15) is 0 Å². The molecule has 0 amide bonds. The van der Waals surface area contributed by atoms with Crippen LogP contribution >= 0.6 is 11.3 Å². The minimum atomic E-state index is 0.295. The third-order valence-corrected chi connectivity index (χ3v) is 4.66. The molecule has 1 unspecified atom stereocenters. The Morgan fingerprint density at radius 1 is 1.53 bits per heavy atom. The fraction of sp³-hybridized carbons (Fsp3) is 0.643. The number of carbonyl (C=O) groups excluding carboxylic acids is 1. The lowest BCUT2D eigenvalue weighted by atomic mass is 10.0. The Morgan fingerprint density at radius 2 is 2.35 bits per heavy atom. The third-order valence-electron chi connectivity index (χ3n) is 3.39. The van der Waals surface area contributed by atoms with Crippen molar-refractivity contribution in [2.24, 2.45) is 5.92 Å². The highest BCUT2D eigenvalue weighted by molar-refractivity contribution is 7.14. The highest BCUT2D eigenvalue weighted by Gasteiger charge is 2.19. The lowest BCUT2D eigenvalue weighted by Gasteiger charge is -2.29. The summed E-state index contributed by atoms with van der Waals surface area (Å²) in [5.41, 5.74) is 0. The molecule has 1 atom stereocenters.